The molecular formula is C20H26N2O5S. The van der Waals surface area contributed by atoms with E-state index in [9.17, 15) is 18.0 Å². The van der Waals surface area contributed by atoms with Crippen LogP contribution in [0.25, 0.3) is 0 Å². The number of hydrogen-bond donors (Lipinski definition) is 1. The average molecular weight is 407 g/mol. The maximum atomic E-state index is 12.7. The zero-order chi connectivity index (χ0) is 20.0. The molecule has 152 valence electrons. The predicted molar refractivity (Wildman–Crippen MR) is 107 cm³/mol. The molecule has 1 N–H and O–H groups in total. The molecule has 0 radical (unpaired) electrons. The van der Waals surface area contributed by atoms with Crippen LogP contribution < -0.4 is 11.2 Å². The van der Waals surface area contributed by atoms with Gasteiger partial charge in [-0.1, -0.05) is 43.2 Å². The molecule has 0 atom stereocenters. The van der Waals surface area contributed by atoms with Crippen molar-refractivity contribution in [1.82, 2.24) is 9.55 Å². The first-order chi connectivity index (χ1) is 13.4. The highest BCUT2D eigenvalue weighted by atomic mass is 32.2. The van der Waals surface area contributed by atoms with E-state index in [-0.39, 0.29) is 30.3 Å². The first kappa shape index (κ1) is 20.5. The molecule has 1 aliphatic rings. The Labute approximate surface area is 164 Å². The van der Waals surface area contributed by atoms with Gasteiger partial charge in [0.25, 0.3) is 5.56 Å². The Kier molecular flexibility index (Phi) is 6.51. The molecule has 1 aromatic heterocycles. The minimum atomic E-state index is -3.23. The van der Waals surface area contributed by atoms with E-state index in [2.05, 4.69) is 4.98 Å². The molecule has 1 aliphatic carbocycles. The standard InChI is InChI=1S/C20H26N2O5S/c23-18-9-12-22(19(24)21-18)16-27-13-6-14-28(25,26)15-20(10-4-5-11-20)17-7-2-1-3-8-17/h1-3,7-9,12H,4-6,10-11,13-16H2,(H,21,23,24). The van der Waals surface area contributed by atoms with Crippen molar-refractivity contribution in [3.05, 3.63) is 69.0 Å². The molecular weight excluding hydrogens is 380 g/mol. The van der Waals surface area contributed by atoms with Gasteiger partial charge in [-0.3, -0.25) is 14.3 Å². The summed E-state index contributed by atoms with van der Waals surface area (Å²) >= 11 is 0. The van der Waals surface area contributed by atoms with Crippen LogP contribution in [0.2, 0.25) is 0 Å². The molecule has 3 rings (SSSR count). The van der Waals surface area contributed by atoms with Gasteiger partial charge in [0.15, 0.2) is 9.84 Å². The van der Waals surface area contributed by atoms with Crippen molar-refractivity contribution in [1.29, 1.82) is 0 Å². The number of nitrogens with zero attached hydrogens (tertiary/aromatic N) is 1. The second-order valence-corrected chi connectivity index (χ2v) is 9.60. The van der Waals surface area contributed by atoms with Crippen molar-refractivity contribution in [2.75, 3.05) is 18.1 Å². The molecule has 1 aromatic carbocycles. The van der Waals surface area contributed by atoms with Gasteiger partial charge in [0.2, 0.25) is 0 Å². The van der Waals surface area contributed by atoms with E-state index in [1.54, 1.807) is 0 Å². The maximum absolute atomic E-state index is 12.7. The summed E-state index contributed by atoms with van der Waals surface area (Å²) in [6, 6.07) is 11.2. The van der Waals surface area contributed by atoms with Gasteiger partial charge in [0.1, 0.15) is 6.73 Å². The van der Waals surface area contributed by atoms with Crippen molar-refractivity contribution in [3.63, 3.8) is 0 Å². The SMILES string of the molecule is O=c1ccn(COCCCS(=O)(=O)CC2(c3ccccc3)CCCC2)c(=O)[nH]1. The number of rotatable bonds is 9. The van der Waals surface area contributed by atoms with Gasteiger partial charge in [-0.05, 0) is 24.8 Å². The summed E-state index contributed by atoms with van der Waals surface area (Å²) in [5.41, 5.74) is -0.174. The third-order valence-electron chi connectivity index (χ3n) is 5.31. The second kappa shape index (κ2) is 8.87. The quantitative estimate of drug-likeness (QED) is 0.641. The maximum Gasteiger partial charge on any atom is 0.330 e. The van der Waals surface area contributed by atoms with E-state index in [0.29, 0.717) is 6.42 Å². The minimum absolute atomic E-state index is 0.0242. The van der Waals surface area contributed by atoms with Crippen molar-refractivity contribution >= 4 is 9.84 Å². The van der Waals surface area contributed by atoms with Crippen LogP contribution in [0, 0.1) is 0 Å². The lowest BCUT2D eigenvalue weighted by Crippen LogP contribution is -2.33. The zero-order valence-electron chi connectivity index (χ0n) is 15.8. The molecule has 1 saturated carbocycles. The number of sulfone groups is 1. The molecule has 0 bridgehead atoms. The Balaban J connectivity index is 1.52. The summed E-state index contributed by atoms with van der Waals surface area (Å²) in [6.45, 7) is 0.201. The van der Waals surface area contributed by atoms with Gasteiger partial charge < -0.3 is 4.74 Å². The second-order valence-electron chi connectivity index (χ2n) is 7.42. The highest BCUT2D eigenvalue weighted by Crippen LogP contribution is 2.42. The van der Waals surface area contributed by atoms with Gasteiger partial charge in [-0.15, -0.1) is 0 Å². The summed E-state index contributed by atoms with van der Waals surface area (Å²) in [5.74, 6) is 0.228. The van der Waals surface area contributed by atoms with E-state index in [4.69, 9.17) is 4.74 Å². The molecule has 0 spiro atoms. The van der Waals surface area contributed by atoms with Crippen LogP contribution in [0.4, 0.5) is 0 Å². The van der Waals surface area contributed by atoms with Gasteiger partial charge in [-0.25, -0.2) is 13.2 Å². The summed E-state index contributed by atoms with van der Waals surface area (Å²) in [6.07, 6.45) is 5.64. The number of ether oxygens (including phenoxy) is 1. The summed E-state index contributed by atoms with van der Waals surface area (Å²) in [5, 5.41) is 0. The predicted octanol–water partition coefficient (Wildman–Crippen LogP) is 1.83. The number of hydrogen-bond acceptors (Lipinski definition) is 5. The summed E-state index contributed by atoms with van der Waals surface area (Å²) in [4.78, 5) is 24.7. The number of aromatic nitrogens is 2. The zero-order valence-corrected chi connectivity index (χ0v) is 16.6. The van der Waals surface area contributed by atoms with E-state index in [1.165, 1.54) is 16.8 Å². The minimum Gasteiger partial charge on any atom is -0.361 e. The normalized spacial score (nSPS) is 16.3. The number of nitrogens with one attached hydrogen (secondary N) is 1. The van der Waals surface area contributed by atoms with Crippen molar-refractivity contribution < 1.29 is 13.2 Å². The molecule has 2 aromatic rings. The van der Waals surface area contributed by atoms with Crippen LogP contribution >= 0.6 is 0 Å². The van der Waals surface area contributed by atoms with Gasteiger partial charge in [0, 0.05) is 24.3 Å². The third kappa shape index (κ3) is 5.20. The average Bonchev–Trinajstić information content (AvgIpc) is 3.12. The van der Waals surface area contributed by atoms with Crippen molar-refractivity contribution in [3.8, 4) is 0 Å². The fourth-order valence-electron chi connectivity index (χ4n) is 3.94. The van der Waals surface area contributed by atoms with Crippen LogP contribution in [0.1, 0.15) is 37.7 Å². The molecule has 1 fully saturated rings. The lowest BCUT2D eigenvalue weighted by Gasteiger charge is -2.29. The number of H-pyrrole nitrogens is 1. The molecule has 0 saturated heterocycles. The van der Waals surface area contributed by atoms with Crippen molar-refractivity contribution in [2.45, 2.75) is 44.2 Å². The van der Waals surface area contributed by atoms with Crippen LogP contribution in [-0.4, -0.2) is 36.1 Å². The smallest absolute Gasteiger partial charge is 0.330 e. The molecule has 7 nitrogen and oxygen atoms in total. The molecule has 8 heteroatoms. The first-order valence-corrected chi connectivity index (χ1v) is 11.4. The lowest BCUT2D eigenvalue weighted by molar-refractivity contribution is 0.0745. The van der Waals surface area contributed by atoms with Crippen molar-refractivity contribution in [2.24, 2.45) is 0 Å². The molecule has 28 heavy (non-hydrogen) atoms. The Hall–Kier alpha value is -2.19. The molecule has 0 unspecified atom stereocenters. The monoisotopic (exact) mass is 406 g/mol. The van der Waals surface area contributed by atoms with Crippen LogP contribution in [0.3, 0.4) is 0 Å². The topological polar surface area (TPSA) is 98.2 Å². The van der Waals surface area contributed by atoms with Gasteiger partial charge in [0.05, 0.1) is 11.5 Å². The molecule has 0 amide bonds. The lowest BCUT2D eigenvalue weighted by atomic mass is 9.81. The first-order valence-electron chi connectivity index (χ1n) is 9.54. The van der Waals surface area contributed by atoms with E-state index in [0.717, 1.165) is 31.2 Å². The van der Waals surface area contributed by atoms with Crippen LogP contribution in [-0.2, 0) is 26.7 Å². The highest BCUT2D eigenvalue weighted by Gasteiger charge is 2.39. The molecule has 0 aliphatic heterocycles. The van der Waals surface area contributed by atoms with Gasteiger partial charge in [-0.2, -0.15) is 0 Å². The number of benzene rings is 1. The Morgan fingerprint density at radius 1 is 1.07 bits per heavy atom. The molecule has 1 heterocycles. The van der Waals surface area contributed by atoms with Crippen LogP contribution in [0.15, 0.2) is 52.2 Å². The Morgan fingerprint density at radius 3 is 2.46 bits per heavy atom. The largest absolute Gasteiger partial charge is 0.361 e. The van der Waals surface area contributed by atoms with Crippen LogP contribution in [0.5, 0.6) is 0 Å². The van der Waals surface area contributed by atoms with Gasteiger partial charge >= 0.3 is 5.69 Å². The fraction of sp³-hybridized carbons (Fsp3) is 0.500. The van der Waals surface area contributed by atoms with E-state index >= 15 is 0 Å². The van der Waals surface area contributed by atoms with E-state index in [1.807, 2.05) is 30.3 Å². The number of aromatic amines is 1. The Morgan fingerprint density at radius 2 is 1.79 bits per heavy atom. The fourth-order valence-corrected chi connectivity index (χ4v) is 5.94. The summed E-state index contributed by atoms with van der Waals surface area (Å²) < 4.78 is 32.1. The Bertz CT molecular complexity index is 989. The summed E-state index contributed by atoms with van der Waals surface area (Å²) in [7, 11) is -3.23. The highest BCUT2D eigenvalue weighted by molar-refractivity contribution is 7.91. The van der Waals surface area contributed by atoms with E-state index < -0.39 is 21.1 Å². The third-order valence-corrected chi connectivity index (χ3v) is 7.22.